The van der Waals surface area contributed by atoms with Gasteiger partial charge in [-0.1, -0.05) is 30.3 Å². The van der Waals surface area contributed by atoms with Crippen molar-refractivity contribution in [2.24, 2.45) is 17.8 Å². The zero-order valence-corrected chi connectivity index (χ0v) is 9.17. The maximum absolute atomic E-state index is 11.4. The van der Waals surface area contributed by atoms with Crippen LogP contribution in [0.5, 0.6) is 0 Å². The van der Waals surface area contributed by atoms with E-state index < -0.39 is 5.97 Å². The average molecular weight is 216 g/mol. The number of aliphatic carboxylic acids is 1. The van der Waals surface area contributed by atoms with Crippen molar-refractivity contribution in [1.82, 2.24) is 0 Å². The predicted molar refractivity (Wildman–Crippen MR) is 61.1 cm³/mol. The van der Waals surface area contributed by atoms with Crippen LogP contribution in [-0.2, 0) is 4.79 Å². The summed E-state index contributed by atoms with van der Waals surface area (Å²) in [5, 5.41) is 9.37. The van der Waals surface area contributed by atoms with E-state index in [1.54, 1.807) is 0 Å². The summed E-state index contributed by atoms with van der Waals surface area (Å²) in [4.78, 5) is 11.4. The van der Waals surface area contributed by atoms with Gasteiger partial charge in [0, 0.05) is 5.92 Å². The van der Waals surface area contributed by atoms with Gasteiger partial charge >= 0.3 is 5.97 Å². The summed E-state index contributed by atoms with van der Waals surface area (Å²) in [6.45, 7) is 0. The van der Waals surface area contributed by atoms with Crippen LogP contribution >= 0.6 is 0 Å². The lowest BCUT2D eigenvalue weighted by molar-refractivity contribution is -0.144. The number of carbonyl (C=O) groups is 1. The largest absolute Gasteiger partial charge is 0.481 e. The number of carboxylic acid groups (broad SMARTS) is 1. The van der Waals surface area contributed by atoms with Crippen LogP contribution in [0, 0.1) is 17.8 Å². The molecule has 2 saturated carbocycles. The molecule has 4 atom stereocenters. The lowest BCUT2D eigenvalue weighted by Gasteiger charge is -2.28. The van der Waals surface area contributed by atoms with Crippen LogP contribution in [-0.4, -0.2) is 11.1 Å². The summed E-state index contributed by atoms with van der Waals surface area (Å²) in [5.74, 6) is 0.556. The van der Waals surface area contributed by atoms with E-state index in [9.17, 15) is 9.90 Å². The van der Waals surface area contributed by atoms with Gasteiger partial charge in [0.25, 0.3) is 0 Å². The Kier molecular flexibility index (Phi) is 2.23. The zero-order valence-electron chi connectivity index (χ0n) is 9.17. The molecule has 2 aliphatic carbocycles. The van der Waals surface area contributed by atoms with Gasteiger partial charge in [0.15, 0.2) is 0 Å². The first-order valence-electron chi connectivity index (χ1n) is 6.05. The Labute approximate surface area is 95.3 Å². The molecule has 2 heteroatoms. The fourth-order valence-electron chi connectivity index (χ4n) is 3.80. The fraction of sp³-hybridized carbons (Fsp3) is 0.500. The number of fused-ring (bicyclic) bond motifs is 2. The van der Waals surface area contributed by atoms with Crippen LogP contribution in [0.4, 0.5) is 0 Å². The Hall–Kier alpha value is -1.31. The van der Waals surface area contributed by atoms with E-state index in [0.717, 1.165) is 12.8 Å². The first-order chi connectivity index (χ1) is 7.77. The van der Waals surface area contributed by atoms with Crippen LogP contribution in [0.3, 0.4) is 0 Å². The summed E-state index contributed by atoms with van der Waals surface area (Å²) < 4.78 is 0. The van der Waals surface area contributed by atoms with Crippen LogP contribution < -0.4 is 0 Å². The van der Waals surface area contributed by atoms with Gasteiger partial charge in [-0.25, -0.2) is 0 Å². The Balaban J connectivity index is 1.97. The summed E-state index contributed by atoms with van der Waals surface area (Å²) in [5.41, 5.74) is 1.22. The molecule has 0 saturated heterocycles. The molecule has 2 nitrogen and oxygen atoms in total. The van der Waals surface area contributed by atoms with Gasteiger partial charge in [-0.15, -0.1) is 0 Å². The second kappa shape index (κ2) is 3.62. The van der Waals surface area contributed by atoms with E-state index in [2.05, 4.69) is 12.1 Å². The molecule has 2 aliphatic rings. The van der Waals surface area contributed by atoms with Crippen molar-refractivity contribution in [2.75, 3.05) is 0 Å². The second-order valence-electron chi connectivity index (χ2n) is 5.13. The molecule has 2 fully saturated rings. The van der Waals surface area contributed by atoms with Crippen molar-refractivity contribution in [1.29, 1.82) is 0 Å². The smallest absolute Gasteiger partial charge is 0.307 e. The predicted octanol–water partition coefficient (Wildman–Crippen LogP) is 2.90. The molecule has 16 heavy (non-hydrogen) atoms. The Bertz CT molecular complexity index is 398. The van der Waals surface area contributed by atoms with E-state index >= 15 is 0 Å². The molecule has 0 amide bonds. The summed E-state index contributed by atoms with van der Waals surface area (Å²) in [6, 6.07) is 10.2. The molecule has 3 rings (SSSR count). The molecule has 1 N–H and O–H groups in total. The standard InChI is InChI=1S/C14H16O2/c15-14(16)13-11-7-6-10(8-11)12(13)9-4-2-1-3-5-9/h1-5,10-13H,6-8H2,(H,15,16)/t10-,11+,12+,13+/m1/s1. The third kappa shape index (κ3) is 1.36. The van der Waals surface area contributed by atoms with E-state index in [1.165, 1.54) is 12.0 Å². The first-order valence-corrected chi connectivity index (χ1v) is 6.05. The third-order valence-corrected chi connectivity index (χ3v) is 4.39. The lowest BCUT2D eigenvalue weighted by atomic mass is 9.75. The van der Waals surface area contributed by atoms with Crippen molar-refractivity contribution in [3.63, 3.8) is 0 Å². The van der Waals surface area contributed by atoms with Crippen LogP contribution in [0.15, 0.2) is 30.3 Å². The highest BCUT2D eigenvalue weighted by Gasteiger charge is 2.51. The van der Waals surface area contributed by atoms with Crippen molar-refractivity contribution in [3.05, 3.63) is 35.9 Å². The summed E-state index contributed by atoms with van der Waals surface area (Å²) >= 11 is 0. The Morgan fingerprint density at radius 1 is 1.12 bits per heavy atom. The molecule has 0 spiro atoms. The molecule has 84 valence electrons. The highest BCUT2D eigenvalue weighted by atomic mass is 16.4. The maximum Gasteiger partial charge on any atom is 0.307 e. The van der Waals surface area contributed by atoms with Gasteiger partial charge in [0.1, 0.15) is 0 Å². The number of carboxylic acids is 1. The number of hydrogen-bond acceptors (Lipinski definition) is 1. The molecule has 0 heterocycles. The molecular weight excluding hydrogens is 200 g/mol. The SMILES string of the molecule is O=C(O)[C@H]1[C@H]2CC[C@H](C2)[C@@H]1c1ccccc1. The molecule has 2 bridgehead atoms. The first kappa shape index (κ1) is 9.88. The normalized spacial score (nSPS) is 36.5. The van der Waals surface area contributed by atoms with Crippen molar-refractivity contribution in [3.8, 4) is 0 Å². The average Bonchev–Trinajstić information content (AvgIpc) is 2.89. The van der Waals surface area contributed by atoms with Crippen LogP contribution in [0.25, 0.3) is 0 Å². The second-order valence-corrected chi connectivity index (χ2v) is 5.13. The lowest BCUT2D eigenvalue weighted by Crippen LogP contribution is -2.27. The van der Waals surface area contributed by atoms with Crippen molar-refractivity contribution < 1.29 is 9.90 Å². The molecule has 0 aromatic heterocycles. The van der Waals surface area contributed by atoms with Crippen molar-refractivity contribution in [2.45, 2.75) is 25.2 Å². The minimum Gasteiger partial charge on any atom is -0.481 e. The molecule has 0 radical (unpaired) electrons. The minimum atomic E-state index is -0.596. The number of benzene rings is 1. The minimum absolute atomic E-state index is 0.138. The molecule has 0 aliphatic heterocycles. The van der Waals surface area contributed by atoms with Crippen molar-refractivity contribution >= 4 is 5.97 Å². The topological polar surface area (TPSA) is 37.3 Å². The highest BCUT2D eigenvalue weighted by Crippen LogP contribution is 2.56. The number of rotatable bonds is 2. The van der Waals surface area contributed by atoms with Crippen LogP contribution in [0.2, 0.25) is 0 Å². The third-order valence-electron chi connectivity index (χ3n) is 4.39. The monoisotopic (exact) mass is 216 g/mol. The van der Waals surface area contributed by atoms with Gasteiger partial charge in [-0.2, -0.15) is 0 Å². The molecular formula is C14H16O2. The molecule has 1 aromatic rings. The van der Waals surface area contributed by atoms with Gasteiger partial charge in [-0.05, 0) is 36.7 Å². The van der Waals surface area contributed by atoms with E-state index in [0.29, 0.717) is 11.8 Å². The van der Waals surface area contributed by atoms with E-state index in [4.69, 9.17) is 0 Å². The van der Waals surface area contributed by atoms with E-state index in [-0.39, 0.29) is 11.8 Å². The molecule has 1 aromatic carbocycles. The fourth-order valence-corrected chi connectivity index (χ4v) is 3.80. The number of hydrogen-bond donors (Lipinski definition) is 1. The summed E-state index contributed by atoms with van der Waals surface area (Å²) in [6.07, 6.45) is 3.45. The highest BCUT2D eigenvalue weighted by molar-refractivity contribution is 5.72. The Morgan fingerprint density at radius 2 is 1.81 bits per heavy atom. The maximum atomic E-state index is 11.4. The summed E-state index contributed by atoms with van der Waals surface area (Å²) in [7, 11) is 0. The van der Waals surface area contributed by atoms with Gasteiger partial charge in [0.05, 0.1) is 5.92 Å². The quantitative estimate of drug-likeness (QED) is 0.825. The van der Waals surface area contributed by atoms with Gasteiger partial charge < -0.3 is 5.11 Å². The zero-order chi connectivity index (χ0) is 11.1. The van der Waals surface area contributed by atoms with E-state index in [1.807, 2.05) is 18.2 Å². The van der Waals surface area contributed by atoms with Gasteiger partial charge in [-0.3, -0.25) is 4.79 Å². The Morgan fingerprint density at radius 3 is 2.50 bits per heavy atom. The molecule has 0 unspecified atom stereocenters. The van der Waals surface area contributed by atoms with Gasteiger partial charge in [0.2, 0.25) is 0 Å². The van der Waals surface area contributed by atoms with Crippen LogP contribution in [0.1, 0.15) is 30.7 Å².